The molecular weight excluding hydrogens is 275 g/mol. The van der Waals surface area contributed by atoms with Crippen molar-refractivity contribution < 1.29 is 30.3 Å². The first-order valence-electron chi connectivity index (χ1n) is 5.36. The third kappa shape index (κ3) is 13.7. The lowest BCUT2D eigenvalue weighted by Crippen LogP contribution is -2.37. The maximum absolute atomic E-state index is 11.1. The van der Waals surface area contributed by atoms with Gasteiger partial charge in [-0.2, -0.15) is 21.6 Å². The molecule has 0 unspecified atom stereocenters. The highest BCUT2D eigenvalue weighted by Gasteiger charge is 2.30. The van der Waals surface area contributed by atoms with Gasteiger partial charge in [0.05, 0.1) is 0 Å². The second-order valence-corrected chi connectivity index (χ2v) is 4.82. The van der Waals surface area contributed by atoms with Gasteiger partial charge in [-0.3, -0.25) is 4.55 Å². The highest BCUT2D eigenvalue weighted by atomic mass is 32.3. The van der Waals surface area contributed by atoms with Gasteiger partial charge in [0, 0.05) is 5.54 Å². The van der Waals surface area contributed by atoms with E-state index in [1.807, 2.05) is 0 Å². The van der Waals surface area contributed by atoms with Crippen LogP contribution < -0.4 is 5.73 Å². The Morgan fingerprint density at radius 3 is 1.50 bits per heavy atom. The van der Waals surface area contributed by atoms with Crippen LogP contribution in [-0.4, -0.2) is 31.3 Å². The Kier molecular flexibility index (Phi) is 8.78. The van der Waals surface area contributed by atoms with Crippen LogP contribution in [-0.2, 0) is 14.6 Å². The van der Waals surface area contributed by atoms with Gasteiger partial charge in [0.15, 0.2) is 6.61 Å². The average molecular weight is 295 g/mol. The topological polar surface area (TPSA) is 89.6 Å². The Morgan fingerprint density at radius 1 is 1.11 bits per heavy atom. The summed E-state index contributed by atoms with van der Waals surface area (Å²) in [6.07, 6.45) is -1.46. The maximum atomic E-state index is 11.1. The van der Waals surface area contributed by atoms with E-state index in [2.05, 4.69) is 25.0 Å². The largest absolute Gasteiger partial charge is 0.413 e. The van der Waals surface area contributed by atoms with Crippen LogP contribution in [0.3, 0.4) is 0 Å². The summed E-state index contributed by atoms with van der Waals surface area (Å²) < 4.78 is 62.9. The van der Waals surface area contributed by atoms with Gasteiger partial charge in [0.1, 0.15) is 0 Å². The first-order chi connectivity index (χ1) is 7.89. The summed E-state index contributed by atoms with van der Waals surface area (Å²) in [5, 5.41) is 0. The Balaban J connectivity index is 0. The van der Waals surface area contributed by atoms with E-state index in [0.717, 1.165) is 19.3 Å². The molecule has 0 atom stereocenters. The van der Waals surface area contributed by atoms with E-state index in [1.54, 1.807) is 0 Å². The molecule has 0 amide bonds. The number of rotatable bonds is 5. The summed E-state index contributed by atoms with van der Waals surface area (Å²) in [7, 11) is -4.98. The van der Waals surface area contributed by atoms with Gasteiger partial charge in [-0.1, -0.05) is 20.8 Å². The molecule has 0 aromatic heterocycles. The highest BCUT2D eigenvalue weighted by molar-refractivity contribution is 7.80. The minimum absolute atomic E-state index is 0.125. The van der Waals surface area contributed by atoms with E-state index in [-0.39, 0.29) is 5.54 Å². The van der Waals surface area contributed by atoms with Gasteiger partial charge in [-0.15, -0.1) is 0 Å². The van der Waals surface area contributed by atoms with Crippen molar-refractivity contribution in [1.29, 1.82) is 0 Å². The second kappa shape index (κ2) is 7.93. The zero-order chi connectivity index (χ0) is 15.0. The fourth-order valence-corrected chi connectivity index (χ4v) is 1.17. The van der Waals surface area contributed by atoms with Crippen molar-refractivity contribution in [2.75, 3.05) is 6.61 Å². The van der Waals surface area contributed by atoms with Gasteiger partial charge in [0.2, 0.25) is 0 Å². The lowest BCUT2D eigenvalue weighted by Gasteiger charge is -2.23. The van der Waals surface area contributed by atoms with E-state index in [0.29, 0.717) is 0 Å². The molecule has 18 heavy (non-hydrogen) atoms. The minimum atomic E-state index is -4.98. The molecule has 5 nitrogen and oxygen atoms in total. The molecule has 0 saturated heterocycles. The van der Waals surface area contributed by atoms with E-state index < -0.39 is 23.2 Å². The first-order valence-corrected chi connectivity index (χ1v) is 6.73. The zero-order valence-corrected chi connectivity index (χ0v) is 11.4. The fraction of sp³-hybridized carbons (Fsp3) is 1.00. The number of hydrogen-bond acceptors (Lipinski definition) is 4. The molecule has 0 heterocycles. The van der Waals surface area contributed by atoms with Crippen molar-refractivity contribution in [2.24, 2.45) is 5.73 Å². The number of alkyl halides is 3. The molecular formula is C9H20F3NO4S. The predicted molar refractivity (Wildman–Crippen MR) is 61.3 cm³/mol. The summed E-state index contributed by atoms with van der Waals surface area (Å²) in [4.78, 5) is 0. The lowest BCUT2D eigenvalue weighted by molar-refractivity contribution is -0.153. The molecule has 0 aliphatic heterocycles. The monoisotopic (exact) mass is 295 g/mol. The summed E-state index contributed by atoms with van der Waals surface area (Å²) in [5.74, 6) is 0. The van der Waals surface area contributed by atoms with Crippen molar-refractivity contribution in [3.63, 3.8) is 0 Å². The Bertz CT molecular complexity index is 304. The van der Waals surface area contributed by atoms with Gasteiger partial charge in [-0.05, 0) is 19.3 Å². The Hall–Kier alpha value is -0.380. The minimum Gasteiger partial charge on any atom is -0.325 e. The molecule has 0 bridgehead atoms. The predicted octanol–water partition coefficient (Wildman–Crippen LogP) is 2.28. The first kappa shape index (κ1) is 19.9. The molecule has 0 saturated carbocycles. The van der Waals surface area contributed by atoms with Gasteiger partial charge < -0.3 is 5.73 Å². The quantitative estimate of drug-likeness (QED) is 0.759. The van der Waals surface area contributed by atoms with Crippen molar-refractivity contribution in [2.45, 2.75) is 51.7 Å². The molecule has 0 aliphatic carbocycles. The molecule has 9 heteroatoms. The third-order valence-corrected chi connectivity index (χ3v) is 2.90. The van der Waals surface area contributed by atoms with Crippen molar-refractivity contribution in [3.8, 4) is 0 Å². The summed E-state index contributed by atoms with van der Waals surface area (Å²) in [5.41, 5.74) is 6.02. The molecule has 112 valence electrons. The van der Waals surface area contributed by atoms with Crippen LogP contribution in [0.2, 0.25) is 0 Å². The highest BCUT2D eigenvalue weighted by Crippen LogP contribution is 2.15. The molecule has 0 radical (unpaired) electrons. The number of hydrogen-bond donors (Lipinski definition) is 2. The number of nitrogens with two attached hydrogens (primary N) is 1. The molecule has 0 spiro atoms. The summed E-state index contributed by atoms with van der Waals surface area (Å²) in [6.45, 7) is 4.43. The van der Waals surface area contributed by atoms with Crippen LogP contribution in [0, 0.1) is 0 Å². The smallest absolute Gasteiger partial charge is 0.325 e. The van der Waals surface area contributed by atoms with Crippen LogP contribution in [0.5, 0.6) is 0 Å². The van der Waals surface area contributed by atoms with Crippen molar-refractivity contribution in [1.82, 2.24) is 0 Å². The Labute approximate surface area is 105 Å². The molecule has 0 fully saturated rings. The second-order valence-electron chi connectivity index (χ2n) is 3.73. The van der Waals surface area contributed by atoms with Crippen molar-refractivity contribution >= 4 is 10.4 Å². The van der Waals surface area contributed by atoms with E-state index in [9.17, 15) is 21.6 Å². The molecule has 0 rings (SSSR count). The van der Waals surface area contributed by atoms with Gasteiger partial charge >= 0.3 is 16.6 Å². The van der Waals surface area contributed by atoms with Crippen LogP contribution in [0.15, 0.2) is 0 Å². The average Bonchev–Trinajstić information content (AvgIpc) is 2.25. The van der Waals surface area contributed by atoms with E-state index in [1.165, 1.54) is 0 Å². The standard InChI is InChI=1S/C7H17N.C2H3F3O4S/c1-4-7(8,5-2)6-3;3-2(4,5)1-9-10(6,7)8/h4-6,8H2,1-3H3;1H2,(H,6,7,8). The Morgan fingerprint density at radius 2 is 1.44 bits per heavy atom. The molecule has 0 aromatic carbocycles. The van der Waals surface area contributed by atoms with Gasteiger partial charge in [0.25, 0.3) is 0 Å². The molecule has 0 aliphatic rings. The zero-order valence-electron chi connectivity index (χ0n) is 10.6. The van der Waals surface area contributed by atoms with Crippen molar-refractivity contribution in [3.05, 3.63) is 0 Å². The van der Waals surface area contributed by atoms with E-state index >= 15 is 0 Å². The summed E-state index contributed by atoms with van der Waals surface area (Å²) in [6, 6.07) is 0. The maximum Gasteiger partial charge on any atom is 0.413 e. The SMILES string of the molecule is CCC(N)(CC)CC.O=S(=O)(O)OCC(F)(F)F. The van der Waals surface area contributed by atoms with Crippen LogP contribution in [0.1, 0.15) is 40.0 Å². The molecule has 3 N–H and O–H groups in total. The lowest BCUT2D eigenvalue weighted by atomic mass is 9.92. The molecule has 0 aromatic rings. The summed E-state index contributed by atoms with van der Waals surface area (Å²) >= 11 is 0. The van der Waals surface area contributed by atoms with Crippen LogP contribution >= 0.6 is 0 Å². The third-order valence-electron chi connectivity index (χ3n) is 2.48. The normalized spacial score (nSPS) is 12.9. The van der Waals surface area contributed by atoms with Crippen LogP contribution in [0.25, 0.3) is 0 Å². The number of halogens is 3. The van der Waals surface area contributed by atoms with Crippen LogP contribution in [0.4, 0.5) is 13.2 Å². The van der Waals surface area contributed by atoms with E-state index in [4.69, 9.17) is 10.3 Å². The fourth-order valence-electron chi connectivity index (χ4n) is 0.891. The van der Waals surface area contributed by atoms with Gasteiger partial charge in [-0.25, -0.2) is 4.18 Å².